The number of carbonyl (C=O) groups excluding carboxylic acids is 2. The number of benzene rings is 1. The number of rotatable bonds is 4. The van der Waals surface area contributed by atoms with E-state index in [1.807, 2.05) is 37.3 Å². The quantitative estimate of drug-likeness (QED) is 0.914. The van der Waals surface area contributed by atoms with E-state index in [1.54, 1.807) is 0 Å². The summed E-state index contributed by atoms with van der Waals surface area (Å²) in [6.45, 7) is 3.25. The lowest BCUT2D eigenvalue weighted by molar-refractivity contribution is -0.125. The van der Waals surface area contributed by atoms with Gasteiger partial charge in [0.25, 0.3) is 0 Å². The molecule has 1 aromatic carbocycles. The minimum atomic E-state index is -0.414. The molecule has 0 spiro atoms. The lowest BCUT2D eigenvalue weighted by Gasteiger charge is -2.23. The number of carbonyl (C=O) groups is 2. The number of nitrogens with zero attached hydrogens (tertiary/aromatic N) is 1. The van der Waals surface area contributed by atoms with Crippen LogP contribution in [-0.2, 0) is 16.1 Å². The number of hydrogen-bond acceptors (Lipinski definition) is 3. The standard InChI is InChI=1S/C15H20N2O3/c1-2-16-14(18)13-9-6-10-17(13)15(19)20-11-12-7-4-3-5-8-12/h3-5,7-8,13H,2,6,9-11H2,1H3,(H,16,18)/t13-/m0/s1. The molecule has 5 heteroatoms. The minimum Gasteiger partial charge on any atom is -0.445 e. The van der Waals surface area contributed by atoms with E-state index in [4.69, 9.17) is 4.74 Å². The molecule has 1 aliphatic rings. The van der Waals surface area contributed by atoms with Crippen LogP contribution in [0.2, 0.25) is 0 Å². The van der Waals surface area contributed by atoms with Gasteiger partial charge in [0.15, 0.2) is 0 Å². The van der Waals surface area contributed by atoms with Crippen molar-refractivity contribution in [2.45, 2.75) is 32.4 Å². The summed E-state index contributed by atoms with van der Waals surface area (Å²) in [5.41, 5.74) is 0.939. The largest absolute Gasteiger partial charge is 0.445 e. The summed E-state index contributed by atoms with van der Waals surface area (Å²) in [6.07, 6.45) is 1.12. The highest BCUT2D eigenvalue weighted by molar-refractivity contribution is 5.86. The first-order chi connectivity index (χ1) is 9.72. The number of ether oxygens (including phenoxy) is 1. The minimum absolute atomic E-state index is 0.0957. The summed E-state index contributed by atoms with van der Waals surface area (Å²) in [4.78, 5) is 25.5. The monoisotopic (exact) mass is 276 g/mol. The fourth-order valence-corrected chi connectivity index (χ4v) is 2.35. The van der Waals surface area contributed by atoms with Crippen molar-refractivity contribution >= 4 is 12.0 Å². The normalized spacial score (nSPS) is 17.9. The molecule has 1 aromatic rings. The summed E-state index contributed by atoms with van der Waals surface area (Å²) in [7, 11) is 0. The van der Waals surface area contributed by atoms with Gasteiger partial charge in [0, 0.05) is 13.1 Å². The van der Waals surface area contributed by atoms with Crippen LogP contribution in [0.1, 0.15) is 25.3 Å². The highest BCUT2D eigenvalue weighted by Crippen LogP contribution is 2.19. The zero-order valence-corrected chi connectivity index (χ0v) is 11.7. The van der Waals surface area contributed by atoms with Crippen LogP contribution in [0.4, 0.5) is 4.79 Å². The van der Waals surface area contributed by atoms with Gasteiger partial charge in [-0.15, -0.1) is 0 Å². The molecule has 0 saturated carbocycles. The van der Waals surface area contributed by atoms with Crippen LogP contribution in [0.25, 0.3) is 0 Å². The first kappa shape index (κ1) is 14.4. The van der Waals surface area contributed by atoms with E-state index in [-0.39, 0.29) is 12.5 Å². The van der Waals surface area contributed by atoms with Crippen molar-refractivity contribution in [2.24, 2.45) is 0 Å². The molecular weight excluding hydrogens is 256 g/mol. The molecule has 2 amide bonds. The van der Waals surface area contributed by atoms with Crippen molar-refractivity contribution in [1.82, 2.24) is 10.2 Å². The number of hydrogen-bond donors (Lipinski definition) is 1. The highest BCUT2D eigenvalue weighted by Gasteiger charge is 2.34. The van der Waals surface area contributed by atoms with Crippen LogP contribution in [0.3, 0.4) is 0 Å². The molecule has 1 N–H and O–H groups in total. The predicted molar refractivity (Wildman–Crippen MR) is 75.0 cm³/mol. The van der Waals surface area contributed by atoms with Gasteiger partial charge >= 0.3 is 6.09 Å². The molecule has 0 radical (unpaired) electrons. The molecule has 1 saturated heterocycles. The van der Waals surface area contributed by atoms with Gasteiger partial charge in [-0.3, -0.25) is 9.69 Å². The molecule has 2 rings (SSSR count). The van der Waals surface area contributed by atoms with Crippen LogP contribution < -0.4 is 5.32 Å². The third-order valence-electron chi connectivity index (χ3n) is 3.35. The fraction of sp³-hybridized carbons (Fsp3) is 0.467. The lowest BCUT2D eigenvalue weighted by Crippen LogP contribution is -2.46. The van der Waals surface area contributed by atoms with Crippen molar-refractivity contribution in [3.05, 3.63) is 35.9 Å². The van der Waals surface area contributed by atoms with Crippen LogP contribution in [0.15, 0.2) is 30.3 Å². The van der Waals surface area contributed by atoms with Crippen LogP contribution in [0.5, 0.6) is 0 Å². The van der Waals surface area contributed by atoms with Gasteiger partial charge < -0.3 is 10.1 Å². The summed E-state index contributed by atoms with van der Waals surface area (Å²) in [5.74, 6) is -0.0957. The first-order valence-electron chi connectivity index (χ1n) is 6.97. The van der Waals surface area contributed by atoms with Gasteiger partial charge in [-0.05, 0) is 25.3 Å². The van der Waals surface area contributed by atoms with Crippen LogP contribution in [-0.4, -0.2) is 36.0 Å². The Hall–Kier alpha value is -2.04. The Morgan fingerprint density at radius 2 is 2.10 bits per heavy atom. The van der Waals surface area contributed by atoms with Crippen molar-refractivity contribution in [2.75, 3.05) is 13.1 Å². The maximum Gasteiger partial charge on any atom is 0.410 e. The zero-order chi connectivity index (χ0) is 14.4. The number of likely N-dealkylation sites (N-methyl/N-ethyl adjacent to an activating group) is 1. The topological polar surface area (TPSA) is 58.6 Å². The van der Waals surface area contributed by atoms with E-state index in [9.17, 15) is 9.59 Å². The van der Waals surface area contributed by atoms with E-state index < -0.39 is 12.1 Å². The van der Waals surface area contributed by atoms with Gasteiger partial charge in [-0.25, -0.2) is 4.79 Å². The Labute approximate surface area is 118 Å². The highest BCUT2D eigenvalue weighted by atomic mass is 16.6. The van der Waals surface area contributed by atoms with Gasteiger partial charge in [0.05, 0.1) is 0 Å². The van der Waals surface area contributed by atoms with Gasteiger partial charge in [0.2, 0.25) is 5.91 Å². The molecule has 108 valence electrons. The van der Waals surface area contributed by atoms with E-state index >= 15 is 0 Å². The maximum absolute atomic E-state index is 12.1. The first-order valence-corrected chi connectivity index (χ1v) is 6.97. The Balaban J connectivity index is 1.89. The summed E-state index contributed by atoms with van der Waals surface area (Å²) in [6, 6.07) is 9.12. The number of amides is 2. The van der Waals surface area contributed by atoms with E-state index in [0.717, 1.165) is 12.0 Å². The molecule has 1 heterocycles. The van der Waals surface area contributed by atoms with E-state index in [0.29, 0.717) is 19.5 Å². The van der Waals surface area contributed by atoms with Gasteiger partial charge in [0.1, 0.15) is 12.6 Å². The molecule has 1 fully saturated rings. The molecule has 20 heavy (non-hydrogen) atoms. The summed E-state index contributed by atoms with van der Waals surface area (Å²) in [5, 5.41) is 2.76. The number of nitrogens with one attached hydrogen (secondary N) is 1. The van der Waals surface area contributed by atoms with Crippen molar-refractivity contribution in [3.8, 4) is 0 Å². The Bertz CT molecular complexity index is 461. The van der Waals surface area contributed by atoms with Crippen LogP contribution >= 0.6 is 0 Å². The predicted octanol–water partition coefficient (Wildman–Crippen LogP) is 1.92. The smallest absolute Gasteiger partial charge is 0.410 e. The number of likely N-dealkylation sites (tertiary alicyclic amines) is 1. The third kappa shape index (κ3) is 3.50. The molecular formula is C15H20N2O3. The second-order valence-corrected chi connectivity index (χ2v) is 4.79. The SMILES string of the molecule is CCNC(=O)[C@@H]1CCCN1C(=O)OCc1ccccc1. The lowest BCUT2D eigenvalue weighted by atomic mass is 10.2. The molecule has 0 unspecified atom stereocenters. The average molecular weight is 276 g/mol. The van der Waals surface area contributed by atoms with Gasteiger partial charge in [-0.2, -0.15) is 0 Å². The third-order valence-corrected chi connectivity index (χ3v) is 3.35. The maximum atomic E-state index is 12.1. The fourth-order valence-electron chi connectivity index (χ4n) is 2.35. The molecule has 5 nitrogen and oxygen atoms in total. The summed E-state index contributed by atoms with van der Waals surface area (Å²) < 4.78 is 5.28. The zero-order valence-electron chi connectivity index (χ0n) is 11.7. The molecule has 0 aliphatic carbocycles. The van der Waals surface area contributed by atoms with Crippen molar-refractivity contribution in [3.63, 3.8) is 0 Å². The van der Waals surface area contributed by atoms with E-state index in [2.05, 4.69) is 5.32 Å². The van der Waals surface area contributed by atoms with Crippen molar-refractivity contribution in [1.29, 1.82) is 0 Å². The average Bonchev–Trinajstić information content (AvgIpc) is 2.96. The van der Waals surface area contributed by atoms with E-state index in [1.165, 1.54) is 4.90 Å². The molecule has 1 aliphatic heterocycles. The second-order valence-electron chi connectivity index (χ2n) is 4.79. The Morgan fingerprint density at radius 1 is 1.35 bits per heavy atom. The Kier molecular flexibility index (Phi) is 4.98. The van der Waals surface area contributed by atoms with Crippen molar-refractivity contribution < 1.29 is 14.3 Å². The molecule has 0 bridgehead atoms. The second kappa shape index (κ2) is 6.93. The van der Waals surface area contributed by atoms with Crippen LogP contribution in [0, 0.1) is 0 Å². The summed E-state index contributed by atoms with van der Waals surface area (Å²) >= 11 is 0. The molecule has 1 atom stereocenters. The molecule has 0 aromatic heterocycles. The Morgan fingerprint density at radius 3 is 2.80 bits per heavy atom. The van der Waals surface area contributed by atoms with Gasteiger partial charge in [-0.1, -0.05) is 30.3 Å².